The summed E-state index contributed by atoms with van der Waals surface area (Å²) >= 11 is 3.24. The highest BCUT2D eigenvalue weighted by Gasteiger charge is 2.05. The summed E-state index contributed by atoms with van der Waals surface area (Å²) in [5.74, 6) is 0.758. The second kappa shape index (κ2) is 4.97. The summed E-state index contributed by atoms with van der Waals surface area (Å²) in [4.78, 5) is 4.26. The fourth-order valence-electron chi connectivity index (χ4n) is 1.87. The average Bonchev–Trinajstić information content (AvgIpc) is 2.38. The largest absolute Gasteiger partial charge is 0.456 e. The van der Waals surface area contributed by atoms with E-state index in [9.17, 15) is 4.39 Å². The summed E-state index contributed by atoms with van der Waals surface area (Å²) < 4.78 is 19.7. The van der Waals surface area contributed by atoms with Crippen molar-refractivity contribution < 1.29 is 9.13 Å². The first-order valence-corrected chi connectivity index (χ1v) is 6.49. The quantitative estimate of drug-likeness (QED) is 0.668. The van der Waals surface area contributed by atoms with Gasteiger partial charge >= 0.3 is 0 Å². The molecule has 0 radical (unpaired) electrons. The number of nitrogens with zero attached hydrogens (tertiary/aromatic N) is 1. The van der Waals surface area contributed by atoms with E-state index in [1.807, 2.05) is 24.3 Å². The molecular weight excluding hydrogens is 309 g/mol. The Labute approximate surface area is 118 Å². The number of pyridine rings is 1. The molecular formula is C15H9BrFNO. The van der Waals surface area contributed by atoms with Crippen LogP contribution in [0.2, 0.25) is 0 Å². The number of hydrogen-bond donors (Lipinski definition) is 0. The zero-order chi connectivity index (χ0) is 13.2. The molecule has 0 atom stereocenters. The Hall–Kier alpha value is -1.94. The highest BCUT2D eigenvalue weighted by molar-refractivity contribution is 9.10. The Balaban J connectivity index is 2.05. The van der Waals surface area contributed by atoms with Crippen molar-refractivity contribution in [3.05, 3.63) is 65.0 Å². The van der Waals surface area contributed by atoms with E-state index < -0.39 is 0 Å². The predicted octanol–water partition coefficient (Wildman–Crippen LogP) is 4.93. The van der Waals surface area contributed by atoms with Crippen LogP contribution in [0, 0.1) is 5.82 Å². The van der Waals surface area contributed by atoms with Crippen LogP contribution in [0.1, 0.15) is 0 Å². The van der Waals surface area contributed by atoms with E-state index in [1.165, 1.54) is 12.1 Å². The third-order valence-corrected chi connectivity index (χ3v) is 3.13. The van der Waals surface area contributed by atoms with Crippen LogP contribution in [0.5, 0.6) is 11.5 Å². The Morgan fingerprint density at radius 1 is 1.05 bits per heavy atom. The molecule has 94 valence electrons. The van der Waals surface area contributed by atoms with Crippen molar-refractivity contribution in [2.45, 2.75) is 0 Å². The monoisotopic (exact) mass is 317 g/mol. The third kappa shape index (κ3) is 2.58. The Morgan fingerprint density at radius 3 is 2.74 bits per heavy atom. The maximum Gasteiger partial charge on any atom is 0.138 e. The molecule has 0 N–H and O–H groups in total. The van der Waals surface area contributed by atoms with Crippen LogP contribution in [0.3, 0.4) is 0 Å². The summed E-state index contributed by atoms with van der Waals surface area (Å²) in [6.07, 6.45) is 1.67. The molecule has 4 heteroatoms. The van der Waals surface area contributed by atoms with Crippen LogP contribution in [0.4, 0.5) is 4.39 Å². The lowest BCUT2D eigenvalue weighted by atomic mass is 10.2. The topological polar surface area (TPSA) is 22.1 Å². The minimum Gasteiger partial charge on any atom is -0.456 e. The average molecular weight is 318 g/mol. The molecule has 1 heterocycles. The maximum atomic E-state index is 13.3. The Bertz CT molecular complexity index is 720. The van der Waals surface area contributed by atoms with Gasteiger partial charge in [-0.15, -0.1) is 0 Å². The molecule has 0 unspecified atom stereocenters. The van der Waals surface area contributed by atoms with Gasteiger partial charge in [-0.1, -0.05) is 28.1 Å². The molecule has 0 amide bonds. The zero-order valence-corrected chi connectivity index (χ0v) is 11.4. The number of benzene rings is 2. The van der Waals surface area contributed by atoms with E-state index >= 15 is 0 Å². The molecule has 19 heavy (non-hydrogen) atoms. The SMILES string of the molecule is Fc1cc(Br)cc(Oc2ccnc3ccccc23)c1. The van der Waals surface area contributed by atoms with Crippen molar-refractivity contribution in [2.24, 2.45) is 0 Å². The smallest absolute Gasteiger partial charge is 0.138 e. The normalized spacial score (nSPS) is 10.6. The van der Waals surface area contributed by atoms with Gasteiger partial charge < -0.3 is 4.74 Å². The molecule has 1 aromatic heterocycles. The first-order chi connectivity index (χ1) is 9.22. The van der Waals surface area contributed by atoms with E-state index in [4.69, 9.17) is 4.74 Å². The first kappa shape index (κ1) is 12.1. The summed E-state index contributed by atoms with van der Waals surface area (Å²) in [6.45, 7) is 0. The maximum absolute atomic E-state index is 13.3. The standard InChI is InChI=1S/C15H9BrFNO/c16-10-7-11(17)9-12(8-10)19-15-5-6-18-14-4-2-1-3-13(14)15/h1-9H. The minimum atomic E-state index is -0.345. The predicted molar refractivity (Wildman–Crippen MR) is 75.9 cm³/mol. The van der Waals surface area contributed by atoms with Gasteiger partial charge in [-0.3, -0.25) is 4.98 Å². The molecule has 0 saturated carbocycles. The first-order valence-electron chi connectivity index (χ1n) is 5.70. The van der Waals surface area contributed by atoms with Gasteiger partial charge in [0.05, 0.1) is 5.52 Å². The summed E-state index contributed by atoms with van der Waals surface area (Å²) in [6, 6.07) is 13.9. The molecule has 0 fully saturated rings. The van der Waals surface area contributed by atoms with Crippen molar-refractivity contribution in [1.29, 1.82) is 0 Å². The number of ether oxygens (including phenoxy) is 1. The van der Waals surface area contributed by atoms with Crippen molar-refractivity contribution in [1.82, 2.24) is 4.98 Å². The van der Waals surface area contributed by atoms with E-state index in [0.29, 0.717) is 16.0 Å². The van der Waals surface area contributed by atoms with Crippen LogP contribution in [-0.4, -0.2) is 4.98 Å². The lowest BCUT2D eigenvalue weighted by Gasteiger charge is -2.09. The van der Waals surface area contributed by atoms with Crippen LogP contribution < -0.4 is 4.74 Å². The molecule has 0 aliphatic carbocycles. The van der Waals surface area contributed by atoms with Gasteiger partial charge in [0.15, 0.2) is 0 Å². The van der Waals surface area contributed by atoms with E-state index in [2.05, 4.69) is 20.9 Å². The van der Waals surface area contributed by atoms with Crippen molar-refractivity contribution in [3.8, 4) is 11.5 Å². The molecule has 3 aromatic rings. The van der Waals surface area contributed by atoms with Gasteiger partial charge in [-0.05, 0) is 30.3 Å². The molecule has 0 aliphatic rings. The molecule has 3 rings (SSSR count). The van der Waals surface area contributed by atoms with E-state index in [-0.39, 0.29) is 5.82 Å². The fraction of sp³-hybridized carbons (Fsp3) is 0. The Kier molecular flexibility index (Phi) is 3.17. The molecule has 0 aliphatic heterocycles. The number of para-hydroxylation sites is 1. The van der Waals surface area contributed by atoms with Gasteiger partial charge in [-0.2, -0.15) is 0 Å². The number of hydrogen-bond acceptors (Lipinski definition) is 2. The summed E-state index contributed by atoms with van der Waals surface area (Å²) in [7, 11) is 0. The van der Waals surface area contributed by atoms with Crippen LogP contribution in [0.15, 0.2) is 59.2 Å². The van der Waals surface area contributed by atoms with Crippen LogP contribution in [-0.2, 0) is 0 Å². The number of halogens is 2. The zero-order valence-electron chi connectivity index (χ0n) is 9.81. The second-order valence-electron chi connectivity index (χ2n) is 4.03. The molecule has 0 saturated heterocycles. The highest BCUT2D eigenvalue weighted by Crippen LogP contribution is 2.30. The summed E-state index contributed by atoms with van der Waals surface area (Å²) in [5, 5.41) is 0.894. The van der Waals surface area contributed by atoms with E-state index in [0.717, 1.165) is 10.9 Å². The lowest BCUT2D eigenvalue weighted by Crippen LogP contribution is -1.88. The molecule has 2 aromatic carbocycles. The third-order valence-electron chi connectivity index (χ3n) is 2.67. The molecule has 0 bridgehead atoms. The number of aromatic nitrogens is 1. The minimum absolute atomic E-state index is 0.345. The lowest BCUT2D eigenvalue weighted by molar-refractivity contribution is 0.481. The van der Waals surface area contributed by atoms with Gasteiger partial charge in [-0.25, -0.2) is 4.39 Å². The number of fused-ring (bicyclic) bond motifs is 1. The van der Waals surface area contributed by atoms with Gasteiger partial charge in [0.25, 0.3) is 0 Å². The fourth-order valence-corrected chi connectivity index (χ4v) is 2.32. The van der Waals surface area contributed by atoms with E-state index in [1.54, 1.807) is 18.3 Å². The van der Waals surface area contributed by atoms with Gasteiger partial charge in [0, 0.05) is 22.1 Å². The van der Waals surface area contributed by atoms with Crippen LogP contribution in [0.25, 0.3) is 10.9 Å². The summed E-state index contributed by atoms with van der Waals surface area (Å²) in [5.41, 5.74) is 0.843. The highest BCUT2D eigenvalue weighted by atomic mass is 79.9. The van der Waals surface area contributed by atoms with Gasteiger partial charge in [0.1, 0.15) is 17.3 Å². The van der Waals surface area contributed by atoms with Crippen molar-refractivity contribution in [3.63, 3.8) is 0 Å². The van der Waals surface area contributed by atoms with Crippen molar-refractivity contribution in [2.75, 3.05) is 0 Å². The Morgan fingerprint density at radius 2 is 1.89 bits per heavy atom. The molecule has 2 nitrogen and oxygen atoms in total. The van der Waals surface area contributed by atoms with Crippen molar-refractivity contribution >= 4 is 26.8 Å². The number of rotatable bonds is 2. The van der Waals surface area contributed by atoms with Crippen LogP contribution >= 0.6 is 15.9 Å². The van der Waals surface area contributed by atoms with Gasteiger partial charge in [0.2, 0.25) is 0 Å². The second-order valence-corrected chi connectivity index (χ2v) is 4.95. The molecule has 0 spiro atoms.